The van der Waals surface area contributed by atoms with Crippen molar-refractivity contribution in [3.63, 3.8) is 0 Å². The summed E-state index contributed by atoms with van der Waals surface area (Å²) in [6.07, 6.45) is 2.68. The van der Waals surface area contributed by atoms with E-state index in [4.69, 9.17) is 9.47 Å². The van der Waals surface area contributed by atoms with E-state index in [1.807, 2.05) is 6.07 Å². The predicted molar refractivity (Wildman–Crippen MR) is 209 cm³/mol. The van der Waals surface area contributed by atoms with E-state index >= 15 is 0 Å². The second-order valence-corrected chi connectivity index (χ2v) is 14.2. The molecule has 0 saturated carbocycles. The topological polar surface area (TPSA) is 42.0 Å². The fraction of sp³-hybridized carbons (Fsp3) is 0.523. The number of carbonyl (C=O) groups is 1. The minimum atomic E-state index is 0. The number of fused-ring (bicyclic) bond motifs is 1. The number of ether oxygens (including phenoxy) is 2. The Hall–Kier alpha value is -3.41. The Morgan fingerprint density at radius 2 is 1.41 bits per heavy atom. The monoisotopic (exact) mass is 671 g/mol. The van der Waals surface area contributed by atoms with Gasteiger partial charge in [-0.05, 0) is 90.0 Å². The van der Waals surface area contributed by atoms with Crippen LogP contribution in [-0.2, 0) is 28.9 Å². The number of aryl methyl sites for hydroxylation is 1. The molecule has 0 amide bonds. The van der Waals surface area contributed by atoms with Gasteiger partial charge in [0.25, 0.3) is 0 Å². The van der Waals surface area contributed by atoms with E-state index in [1.165, 1.54) is 39.1 Å². The fourth-order valence-electron chi connectivity index (χ4n) is 5.77. The van der Waals surface area contributed by atoms with Crippen LogP contribution in [0.4, 0.5) is 0 Å². The van der Waals surface area contributed by atoms with Crippen LogP contribution in [0.25, 0.3) is 0 Å². The summed E-state index contributed by atoms with van der Waals surface area (Å²) in [5, 5.41) is 0. The predicted octanol–water partition coefficient (Wildman–Crippen LogP) is 10.2. The van der Waals surface area contributed by atoms with Crippen molar-refractivity contribution in [3.8, 4) is 5.75 Å². The van der Waals surface area contributed by atoms with E-state index in [2.05, 4.69) is 126 Å². The third-order valence-corrected chi connectivity index (χ3v) is 9.14. The summed E-state index contributed by atoms with van der Waals surface area (Å²) in [5.41, 5.74) is 9.60. The van der Waals surface area contributed by atoms with Crippen molar-refractivity contribution in [1.82, 2.24) is 9.80 Å². The smallest absolute Gasteiger partial charge is 0.130 e. The highest BCUT2D eigenvalue weighted by Gasteiger charge is 2.16. The molecule has 0 radical (unpaired) electrons. The first-order valence-corrected chi connectivity index (χ1v) is 18.1. The van der Waals surface area contributed by atoms with Gasteiger partial charge in [0.2, 0.25) is 0 Å². The minimum absolute atomic E-state index is 0. The van der Waals surface area contributed by atoms with Gasteiger partial charge in [0.15, 0.2) is 0 Å². The summed E-state index contributed by atoms with van der Waals surface area (Å²) in [7, 11) is 0. The van der Waals surface area contributed by atoms with Crippen molar-refractivity contribution in [3.05, 3.63) is 112 Å². The molecule has 49 heavy (non-hydrogen) atoms. The summed E-state index contributed by atoms with van der Waals surface area (Å²) in [5.74, 6) is 2.99. The van der Waals surface area contributed by atoms with Gasteiger partial charge in [-0.2, -0.15) is 0 Å². The van der Waals surface area contributed by atoms with E-state index in [9.17, 15) is 4.79 Å². The molecule has 270 valence electrons. The molecule has 2 aliphatic rings. The van der Waals surface area contributed by atoms with Crippen LogP contribution in [0.15, 0.2) is 79.0 Å². The van der Waals surface area contributed by atoms with Crippen LogP contribution in [0.1, 0.15) is 120 Å². The lowest BCUT2D eigenvalue weighted by atomic mass is 9.93. The molecule has 2 aliphatic heterocycles. The summed E-state index contributed by atoms with van der Waals surface area (Å²) in [6.45, 7) is 28.7. The number of carbonyl (C=O) groups excluding carboxylic acids is 1. The summed E-state index contributed by atoms with van der Waals surface area (Å²) < 4.78 is 11.1. The molecule has 3 aromatic rings. The summed E-state index contributed by atoms with van der Waals surface area (Å²) >= 11 is 0. The first kappa shape index (κ1) is 41.8. The zero-order valence-electron chi connectivity index (χ0n) is 31.2. The molecular formula is C44H66N2O3. The number of rotatable bonds is 11. The average molecular weight is 671 g/mol. The van der Waals surface area contributed by atoms with E-state index in [-0.39, 0.29) is 13.2 Å². The zero-order chi connectivity index (χ0) is 35.1. The Bertz CT molecular complexity index is 1420. The van der Waals surface area contributed by atoms with Gasteiger partial charge in [0.05, 0.1) is 13.2 Å². The first-order valence-electron chi connectivity index (χ1n) is 18.1. The molecule has 0 atom stereocenters. The van der Waals surface area contributed by atoms with Crippen molar-refractivity contribution in [2.45, 2.75) is 106 Å². The molecule has 0 aliphatic carbocycles. The lowest BCUT2D eigenvalue weighted by molar-refractivity contribution is -0.116. The Morgan fingerprint density at radius 1 is 0.796 bits per heavy atom. The highest BCUT2D eigenvalue weighted by atomic mass is 16.5. The van der Waals surface area contributed by atoms with Gasteiger partial charge in [0, 0.05) is 44.8 Å². The maximum absolute atomic E-state index is 10.8. The average Bonchev–Trinajstić information content (AvgIpc) is 3.08. The Labute approximate surface area is 299 Å². The van der Waals surface area contributed by atoms with Crippen molar-refractivity contribution in [1.29, 1.82) is 0 Å². The van der Waals surface area contributed by atoms with E-state index in [0.717, 1.165) is 71.1 Å². The third-order valence-electron chi connectivity index (χ3n) is 9.14. The quantitative estimate of drug-likeness (QED) is 0.203. The van der Waals surface area contributed by atoms with Gasteiger partial charge < -0.3 is 19.2 Å². The first-order chi connectivity index (χ1) is 22.9. The fourth-order valence-corrected chi connectivity index (χ4v) is 5.77. The van der Waals surface area contributed by atoms with Crippen molar-refractivity contribution >= 4 is 5.78 Å². The van der Waals surface area contributed by atoms with Crippen molar-refractivity contribution < 1.29 is 14.3 Å². The maximum Gasteiger partial charge on any atom is 0.130 e. The third kappa shape index (κ3) is 14.9. The normalized spacial score (nSPS) is 14.2. The van der Waals surface area contributed by atoms with Crippen molar-refractivity contribution in [2.75, 3.05) is 46.0 Å². The number of Topliss-reactive ketones (excluding diaryl/α,β-unsaturated/α-hetero) is 1. The van der Waals surface area contributed by atoms with E-state index < -0.39 is 0 Å². The van der Waals surface area contributed by atoms with Gasteiger partial charge in [-0.25, -0.2) is 0 Å². The van der Waals surface area contributed by atoms with Crippen LogP contribution in [0.5, 0.6) is 5.75 Å². The number of benzene rings is 3. The highest BCUT2D eigenvalue weighted by molar-refractivity contribution is 5.75. The second-order valence-electron chi connectivity index (χ2n) is 14.2. The van der Waals surface area contributed by atoms with Gasteiger partial charge in [-0.15, -0.1) is 0 Å². The zero-order valence-corrected chi connectivity index (χ0v) is 31.2. The molecular weight excluding hydrogens is 604 g/mol. The van der Waals surface area contributed by atoms with Crippen molar-refractivity contribution in [2.24, 2.45) is 0 Å². The SMILES string of the molecule is C.C=C(C)N1CCc2cc(C(C)C)ccc2C1.CC(=O)CCc1cccc(C(C)C)c1.CC(C)c1cccc(OCCN2CCOCC2)c1. The standard InChI is InChI=1S/C15H23NO2.C15H21N.C13H18O.CH4/c1-13(2)14-4-3-5-15(12-14)18-11-8-16-6-9-17-10-7-16;1-11(2)13-5-6-15-10-16(12(3)4)8-7-14(15)9-13;1-10(2)13-6-4-5-12(9-13)8-7-11(3)14;/h3-5,12-13H,6-11H2,1-2H3;5-6,9,11H,3,7-8,10H2,1-2,4H3;4-6,9-10H,7-8H2,1-3H3;1H4. The van der Waals surface area contributed by atoms with Gasteiger partial charge >= 0.3 is 0 Å². The lowest BCUT2D eigenvalue weighted by Crippen LogP contribution is -2.38. The number of hydrogen-bond acceptors (Lipinski definition) is 5. The van der Waals surface area contributed by atoms with Crippen LogP contribution >= 0.6 is 0 Å². The van der Waals surface area contributed by atoms with E-state index in [1.54, 1.807) is 6.92 Å². The number of ketones is 1. The molecule has 0 aromatic heterocycles. The van der Waals surface area contributed by atoms with Crippen LogP contribution in [-0.4, -0.2) is 61.6 Å². The highest BCUT2D eigenvalue weighted by Crippen LogP contribution is 2.25. The molecule has 0 N–H and O–H groups in total. The minimum Gasteiger partial charge on any atom is -0.492 e. The van der Waals surface area contributed by atoms with Gasteiger partial charge in [-0.3, -0.25) is 4.90 Å². The Kier molecular flexibility index (Phi) is 18.4. The summed E-state index contributed by atoms with van der Waals surface area (Å²) in [6, 6.07) is 23.9. The van der Waals surface area contributed by atoms with Crippen LogP contribution in [0.3, 0.4) is 0 Å². The molecule has 3 aromatic carbocycles. The number of morpholine rings is 1. The molecule has 0 spiro atoms. The van der Waals surface area contributed by atoms with Gasteiger partial charge in [0.1, 0.15) is 18.1 Å². The largest absolute Gasteiger partial charge is 0.492 e. The molecule has 5 nitrogen and oxygen atoms in total. The molecule has 1 saturated heterocycles. The van der Waals surface area contributed by atoms with Crippen LogP contribution in [0.2, 0.25) is 0 Å². The molecule has 0 bridgehead atoms. The van der Waals surface area contributed by atoms with E-state index in [0.29, 0.717) is 24.2 Å². The summed E-state index contributed by atoms with van der Waals surface area (Å²) in [4.78, 5) is 15.6. The number of nitrogens with zero attached hydrogens (tertiary/aromatic N) is 2. The van der Waals surface area contributed by atoms with Gasteiger partial charge in [-0.1, -0.05) is 110 Å². The number of allylic oxidation sites excluding steroid dienone is 1. The lowest BCUT2D eigenvalue weighted by Gasteiger charge is -2.31. The Morgan fingerprint density at radius 3 is 2.02 bits per heavy atom. The molecule has 5 rings (SSSR count). The second kappa shape index (κ2) is 21.6. The number of hydrogen-bond donors (Lipinski definition) is 0. The molecule has 2 heterocycles. The molecule has 5 heteroatoms. The molecule has 1 fully saturated rings. The molecule has 0 unspecified atom stereocenters. The van der Waals surface area contributed by atoms with Crippen LogP contribution in [0, 0.1) is 0 Å². The van der Waals surface area contributed by atoms with Crippen LogP contribution < -0.4 is 4.74 Å². The maximum atomic E-state index is 10.8. The Balaban J connectivity index is 0.000000255.